The Morgan fingerprint density at radius 2 is 1.94 bits per heavy atom. The topological polar surface area (TPSA) is 76.0 Å². The second-order valence-corrected chi connectivity index (χ2v) is 4.56. The Bertz CT molecular complexity index is 392. The third-order valence-corrected chi connectivity index (χ3v) is 3.37. The van der Waals surface area contributed by atoms with Crippen molar-refractivity contribution < 1.29 is 15.3 Å². The summed E-state index contributed by atoms with van der Waals surface area (Å²) in [5.41, 5.74) is 0.686. The second kappa shape index (κ2) is 6.04. The average Bonchev–Trinajstić information content (AvgIpc) is 2.40. The van der Waals surface area contributed by atoms with Gasteiger partial charge in [-0.25, -0.2) is 0 Å². The molecule has 100 valence electrons. The van der Waals surface area contributed by atoms with E-state index in [0.717, 1.165) is 26.2 Å². The minimum Gasteiger partial charge on any atom is -0.508 e. The molecule has 0 aromatic heterocycles. The number of nitrogens with zero attached hydrogens (tertiary/aromatic N) is 1. The molecule has 5 heteroatoms. The van der Waals surface area contributed by atoms with Crippen LogP contribution in [0.3, 0.4) is 0 Å². The monoisotopic (exact) mass is 252 g/mol. The molecule has 0 saturated carbocycles. The fourth-order valence-corrected chi connectivity index (χ4v) is 2.46. The van der Waals surface area contributed by atoms with E-state index >= 15 is 0 Å². The maximum atomic E-state index is 9.93. The molecule has 1 aromatic rings. The van der Waals surface area contributed by atoms with E-state index in [9.17, 15) is 15.3 Å². The van der Waals surface area contributed by atoms with E-state index in [1.165, 1.54) is 12.1 Å². The molecule has 1 aliphatic heterocycles. The fourth-order valence-electron chi connectivity index (χ4n) is 2.46. The van der Waals surface area contributed by atoms with Crippen LogP contribution < -0.4 is 5.32 Å². The molecular formula is C13H20N2O3. The van der Waals surface area contributed by atoms with Crippen molar-refractivity contribution in [2.24, 2.45) is 0 Å². The van der Waals surface area contributed by atoms with Crippen molar-refractivity contribution in [3.05, 3.63) is 23.8 Å². The number of benzene rings is 1. The van der Waals surface area contributed by atoms with E-state index in [-0.39, 0.29) is 24.1 Å². The smallest absolute Gasteiger partial charge is 0.120 e. The van der Waals surface area contributed by atoms with Crippen LogP contribution in [0.5, 0.6) is 11.5 Å². The SMILES string of the molecule is OCC[C@H](c1cc(O)ccc1O)N1CCNCC1. The number of phenols is 2. The van der Waals surface area contributed by atoms with E-state index in [4.69, 9.17) is 0 Å². The third-order valence-electron chi connectivity index (χ3n) is 3.37. The van der Waals surface area contributed by atoms with Gasteiger partial charge in [-0.05, 0) is 24.6 Å². The third kappa shape index (κ3) is 2.93. The summed E-state index contributed by atoms with van der Waals surface area (Å²) in [6.07, 6.45) is 0.553. The zero-order chi connectivity index (χ0) is 13.0. The Morgan fingerprint density at radius 1 is 1.22 bits per heavy atom. The van der Waals surface area contributed by atoms with Gasteiger partial charge in [0.15, 0.2) is 0 Å². The number of hydrogen-bond acceptors (Lipinski definition) is 5. The quantitative estimate of drug-likeness (QED) is 0.585. The summed E-state index contributed by atoms with van der Waals surface area (Å²) in [6, 6.07) is 4.49. The highest BCUT2D eigenvalue weighted by molar-refractivity contribution is 5.40. The Kier molecular flexibility index (Phi) is 4.41. The number of phenolic OH excluding ortho intramolecular Hbond substituents is 2. The van der Waals surface area contributed by atoms with Gasteiger partial charge in [0.25, 0.3) is 0 Å². The Balaban J connectivity index is 2.24. The molecule has 5 nitrogen and oxygen atoms in total. The highest BCUT2D eigenvalue weighted by atomic mass is 16.3. The summed E-state index contributed by atoms with van der Waals surface area (Å²) < 4.78 is 0. The van der Waals surface area contributed by atoms with Crippen molar-refractivity contribution in [2.75, 3.05) is 32.8 Å². The molecule has 4 N–H and O–H groups in total. The molecular weight excluding hydrogens is 232 g/mol. The van der Waals surface area contributed by atoms with Crippen LogP contribution in [0.15, 0.2) is 18.2 Å². The number of nitrogens with one attached hydrogen (secondary N) is 1. The summed E-state index contributed by atoms with van der Waals surface area (Å²) in [7, 11) is 0. The van der Waals surface area contributed by atoms with Crippen LogP contribution in [0.2, 0.25) is 0 Å². The van der Waals surface area contributed by atoms with Crippen molar-refractivity contribution in [2.45, 2.75) is 12.5 Å². The number of piperazine rings is 1. The first-order chi connectivity index (χ1) is 8.72. The second-order valence-electron chi connectivity index (χ2n) is 4.56. The van der Waals surface area contributed by atoms with Crippen molar-refractivity contribution in [1.29, 1.82) is 0 Å². The van der Waals surface area contributed by atoms with E-state index < -0.39 is 0 Å². The summed E-state index contributed by atoms with van der Waals surface area (Å²) in [5.74, 6) is 0.311. The summed E-state index contributed by atoms with van der Waals surface area (Å²) in [6.45, 7) is 3.62. The summed E-state index contributed by atoms with van der Waals surface area (Å²) in [5, 5.41) is 32.0. The molecule has 1 aromatic carbocycles. The van der Waals surface area contributed by atoms with Gasteiger partial charge < -0.3 is 20.6 Å². The molecule has 0 bridgehead atoms. The van der Waals surface area contributed by atoms with E-state index in [1.54, 1.807) is 6.07 Å². The summed E-state index contributed by atoms with van der Waals surface area (Å²) in [4.78, 5) is 2.22. The molecule has 0 unspecified atom stereocenters. The molecule has 0 aliphatic carbocycles. The van der Waals surface area contributed by atoms with E-state index in [1.807, 2.05) is 0 Å². The molecule has 1 heterocycles. The van der Waals surface area contributed by atoms with Crippen LogP contribution >= 0.6 is 0 Å². The fraction of sp³-hybridized carbons (Fsp3) is 0.538. The van der Waals surface area contributed by atoms with Crippen LogP contribution in [0.25, 0.3) is 0 Å². The van der Waals surface area contributed by atoms with Crippen LogP contribution in [-0.4, -0.2) is 53.0 Å². The lowest BCUT2D eigenvalue weighted by Gasteiger charge is -2.35. The minimum atomic E-state index is -0.0517. The van der Waals surface area contributed by atoms with Crippen molar-refractivity contribution in [3.8, 4) is 11.5 Å². The van der Waals surface area contributed by atoms with E-state index in [0.29, 0.717) is 12.0 Å². The van der Waals surface area contributed by atoms with Crippen LogP contribution in [0.4, 0.5) is 0 Å². The van der Waals surface area contributed by atoms with E-state index in [2.05, 4.69) is 10.2 Å². The molecule has 1 fully saturated rings. The summed E-state index contributed by atoms with van der Waals surface area (Å²) >= 11 is 0. The highest BCUT2D eigenvalue weighted by Gasteiger charge is 2.24. The Morgan fingerprint density at radius 3 is 2.61 bits per heavy atom. The van der Waals surface area contributed by atoms with Gasteiger partial charge in [0.2, 0.25) is 0 Å². The molecule has 1 atom stereocenters. The molecule has 0 amide bonds. The highest BCUT2D eigenvalue weighted by Crippen LogP contribution is 2.33. The minimum absolute atomic E-state index is 0.0517. The number of aliphatic hydroxyl groups excluding tert-OH is 1. The van der Waals surface area contributed by atoms with Crippen molar-refractivity contribution in [3.63, 3.8) is 0 Å². The maximum absolute atomic E-state index is 9.93. The molecule has 0 radical (unpaired) electrons. The first-order valence-corrected chi connectivity index (χ1v) is 6.30. The largest absolute Gasteiger partial charge is 0.508 e. The molecule has 18 heavy (non-hydrogen) atoms. The van der Waals surface area contributed by atoms with Gasteiger partial charge in [-0.2, -0.15) is 0 Å². The van der Waals surface area contributed by atoms with Crippen molar-refractivity contribution >= 4 is 0 Å². The number of hydrogen-bond donors (Lipinski definition) is 4. The zero-order valence-electron chi connectivity index (χ0n) is 10.3. The Hall–Kier alpha value is -1.30. The van der Waals surface area contributed by atoms with Gasteiger partial charge in [0.1, 0.15) is 11.5 Å². The van der Waals surface area contributed by atoms with Crippen LogP contribution in [0.1, 0.15) is 18.0 Å². The number of aromatic hydroxyl groups is 2. The predicted octanol–water partition coefficient (Wildman–Crippen LogP) is 0.426. The normalized spacial score (nSPS) is 18.7. The molecule has 0 spiro atoms. The lowest BCUT2D eigenvalue weighted by molar-refractivity contribution is 0.139. The van der Waals surface area contributed by atoms with Crippen molar-refractivity contribution in [1.82, 2.24) is 10.2 Å². The number of aliphatic hydroxyl groups is 1. The van der Waals surface area contributed by atoms with Gasteiger partial charge in [0.05, 0.1) is 0 Å². The maximum Gasteiger partial charge on any atom is 0.120 e. The lowest BCUT2D eigenvalue weighted by atomic mass is 10.00. The van der Waals surface area contributed by atoms with Gasteiger partial charge >= 0.3 is 0 Å². The predicted molar refractivity (Wildman–Crippen MR) is 68.7 cm³/mol. The van der Waals surface area contributed by atoms with Crippen LogP contribution in [0, 0.1) is 0 Å². The van der Waals surface area contributed by atoms with Gasteiger partial charge in [-0.1, -0.05) is 0 Å². The van der Waals surface area contributed by atoms with Gasteiger partial charge in [-0.15, -0.1) is 0 Å². The van der Waals surface area contributed by atoms with Gasteiger partial charge in [0, 0.05) is 44.4 Å². The van der Waals surface area contributed by atoms with Gasteiger partial charge in [-0.3, -0.25) is 4.90 Å². The first kappa shape index (κ1) is 13.1. The standard InChI is InChI=1S/C13H20N2O3/c16-8-3-12(15-6-4-14-5-7-15)11-9-10(17)1-2-13(11)18/h1-2,9,12,14,16-18H,3-8H2/t12-/m1/s1. The Labute approximate surface area is 107 Å². The number of rotatable bonds is 4. The van der Waals surface area contributed by atoms with Crippen LogP contribution in [-0.2, 0) is 0 Å². The average molecular weight is 252 g/mol. The first-order valence-electron chi connectivity index (χ1n) is 6.30. The molecule has 2 rings (SSSR count). The molecule has 1 aliphatic rings. The molecule has 1 saturated heterocycles. The lowest BCUT2D eigenvalue weighted by Crippen LogP contribution is -2.45. The zero-order valence-corrected chi connectivity index (χ0v) is 10.3.